The first-order valence-corrected chi connectivity index (χ1v) is 5.80. The van der Waals surface area contributed by atoms with Gasteiger partial charge in [0, 0.05) is 11.1 Å². The number of aryl methyl sites for hydroxylation is 1. The monoisotopic (exact) mass is 267 g/mol. The summed E-state index contributed by atoms with van der Waals surface area (Å²) >= 11 is 1.54. The number of ether oxygens (including phenoxy) is 1. The van der Waals surface area contributed by atoms with E-state index in [0.717, 1.165) is 10.7 Å². The molecule has 1 N–H and O–H groups in total. The van der Waals surface area contributed by atoms with E-state index >= 15 is 0 Å². The first kappa shape index (κ1) is 12.5. The Balaban J connectivity index is 0.00000120. The number of esters is 1. The van der Waals surface area contributed by atoms with E-state index in [9.17, 15) is 4.79 Å². The summed E-state index contributed by atoms with van der Waals surface area (Å²) in [5.41, 5.74) is 0.966. The van der Waals surface area contributed by atoms with E-state index in [4.69, 9.17) is 0 Å². The Hall–Kier alpha value is -1.96. The summed E-state index contributed by atoms with van der Waals surface area (Å²) in [6, 6.07) is 0. The van der Waals surface area contributed by atoms with Gasteiger partial charge in [0.15, 0.2) is 6.17 Å². The van der Waals surface area contributed by atoms with Crippen molar-refractivity contribution in [2.45, 2.75) is 20.5 Å². The van der Waals surface area contributed by atoms with Gasteiger partial charge in [-0.1, -0.05) is 7.43 Å². The van der Waals surface area contributed by atoms with Crippen molar-refractivity contribution in [3.63, 3.8) is 0 Å². The molecule has 2 aromatic rings. The van der Waals surface area contributed by atoms with E-state index in [1.54, 1.807) is 16.0 Å². The summed E-state index contributed by atoms with van der Waals surface area (Å²) in [6.07, 6.45) is -0.130. The van der Waals surface area contributed by atoms with Crippen molar-refractivity contribution in [2.75, 3.05) is 12.4 Å². The minimum absolute atomic E-state index is 0. The Morgan fingerprint density at radius 1 is 1.56 bits per heavy atom. The van der Waals surface area contributed by atoms with Gasteiger partial charge in [-0.2, -0.15) is 4.98 Å². The molecule has 0 aliphatic carbocycles. The van der Waals surface area contributed by atoms with Gasteiger partial charge >= 0.3 is 5.97 Å². The molecule has 1 aliphatic rings. The van der Waals surface area contributed by atoms with Crippen molar-refractivity contribution < 1.29 is 9.53 Å². The summed E-state index contributed by atoms with van der Waals surface area (Å²) in [5.74, 6) is 0.0804. The molecule has 0 fully saturated rings. The molecular weight excluding hydrogens is 254 g/mol. The minimum atomic E-state index is -0.539. The molecule has 7 nitrogen and oxygen atoms in total. The zero-order chi connectivity index (χ0) is 12.0. The zero-order valence-corrected chi connectivity index (χ0v) is 9.98. The quantitative estimate of drug-likeness (QED) is 0.829. The first-order chi connectivity index (χ1) is 8.19. The highest BCUT2D eigenvalue weighted by atomic mass is 32.1. The van der Waals surface area contributed by atoms with Crippen molar-refractivity contribution >= 4 is 23.3 Å². The molecule has 0 bridgehead atoms. The largest absolute Gasteiger partial charge is 0.463 e. The van der Waals surface area contributed by atoms with Gasteiger partial charge in [-0.05, 0) is 6.92 Å². The number of carbonyl (C=O) groups is 1. The molecule has 0 radical (unpaired) electrons. The van der Waals surface area contributed by atoms with E-state index in [-0.39, 0.29) is 19.4 Å². The normalized spacial score (nSPS) is 16.0. The van der Waals surface area contributed by atoms with Crippen molar-refractivity contribution in [3.8, 4) is 0 Å². The number of nitrogens with one attached hydrogen (secondary N) is 1. The molecule has 0 spiro atoms. The summed E-state index contributed by atoms with van der Waals surface area (Å²) in [5, 5.41) is 10.0. The van der Waals surface area contributed by atoms with Crippen LogP contribution in [0.5, 0.6) is 0 Å². The molecule has 1 aliphatic heterocycles. The van der Waals surface area contributed by atoms with Crippen LogP contribution in [0.4, 0.5) is 5.95 Å². The van der Waals surface area contributed by atoms with E-state index in [2.05, 4.69) is 25.1 Å². The van der Waals surface area contributed by atoms with Gasteiger partial charge < -0.3 is 10.1 Å². The van der Waals surface area contributed by atoms with Crippen LogP contribution in [-0.4, -0.2) is 32.8 Å². The van der Waals surface area contributed by atoms with Crippen LogP contribution in [0.25, 0.3) is 0 Å². The van der Waals surface area contributed by atoms with Gasteiger partial charge in [-0.15, -0.1) is 16.4 Å². The van der Waals surface area contributed by atoms with Gasteiger partial charge in [-0.3, -0.25) is 0 Å². The number of thiazole rings is 1. The third kappa shape index (κ3) is 1.74. The maximum Gasteiger partial charge on any atom is 0.378 e. The molecule has 1 atom stereocenters. The van der Waals surface area contributed by atoms with Crippen LogP contribution < -0.4 is 5.32 Å². The van der Waals surface area contributed by atoms with Crippen molar-refractivity contribution in [2.24, 2.45) is 0 Å². The molecule has 0 saturated heterocycles. The van der Waals surface area contributed by atoms with E-state index in [1.807, 2.05) is 12.3 Å². The fourth-order valence-corrected chi connectivity index (χ4v) is 2.39. The summed E-state index contributed by atoms with van der Waals surface area (Å²) in [6.45, 7) is 1.93. The number of aromatic nitrogens is 4. The number of fused-ring (bicyclic) bond motifs is 1. The van der Waals surface area contributed by atoms with Gasteiger partial charge in [-0.25, -0.2) is 14.5 Å². The summed E-state index contributed by atoms with van der Waals surface area (Å²) < 4.78 is 6.19. The molecule has 1 unspecified atom stereocenters. The first-order valence-electron chi connectivity index (χ1n) is 4.92. The van der Waals surface area contributed by atoms with E-state index in [1.165, 1.54) is 7.11 Å². The molecule has 3 rings (SSSR count). The highest BCUT2D eigenvalue weighted by Crippen LogP contribution is 2.32. The fraction of sp³-hybridized carbons (Fsp3) is 0.400. The average Bonchev–Trinajstić information content (AvgIpc) is 2.85. The second-order valence-corrected chi connectivity index (χ2v) is 4.46. The van der Waals surface area contributed by atoms with Crippen molar-refractivity contribution in [3.05, 3.63) is 21.9 Å². The number of hydrogen-bond acceptors (Lipinski definition) is 7. The van der Waals surface area contributed by atoms with E-state index in [0.29, 0.717) is 5.95 Å². The number of hydrogen-bond donors (Lipinski definition) is 1. The second-order valence-electron chi connectivity index (χ2n) is 3.57. The topological polar surface area (TPSA) is 81.9 Å². The summed E-state index contributed by atoms with van der Waals surface area (Å²) in [7, 11) is 1.30. The standard InChI is InChI=1S/C9H9N5O2S.CH4/c1-4-3-17-7(10-4)6-12-9-11-5(8(15)16-2)13-14(6)9;/h3,6H,1-2H3,(H,11,12,13);1H4. The predicted molar refractivity (Wildman–Crippen MR) is 66.7 cm³/mol. The SMILES string of the molecule is C.COC(=O)c1nc2n(n1)C(c1nc(C)cs1)N2. The Labute approximate surface area is 108 Å². The molecule has 2 aromatic heterocycles. The fourth-order valence-electron chi connectivity index (χ4n) is 1.56. The Morgan fingerprint density at radius 2 is 2.33 bits per heavy atom. The number of nitrogens with zero attached hydrogens (tertiary/aromatic N) is 4. The molecule has 0 amide bonds. The lowest BCUT2D eigenvalue weighted by Crippen LogP contribution is -2.32. The van der Waals surface area contributed by atoms with E-state index < -0.39 is 5.97 Å². The van der Waals surface area contributed by atoms with Gasteiger partial charge in [0.2, 0.25) is 5.95 Å². The molecular formula is C10H13N5O2S. The smallest absolute Gasteiger partial charge is 0.378 e. The molecule has 0 saturated carbocycles. The third-order valence-corrected chi connectivity index (χ3v) is 3.40. The number of methoxy groups -OCH3 is 1. The number of rotatable bonds is 2. The maximum absolute atomic E-state index is 11.3. The zero-order valence-electron chi connectivity index (χ0n) is 9.17. The second kappa shape index (κ2) is 4.37. The molecule has 8 heteroatoms. The third-order valence-electron chi connectivity index (χ3n) is 2.38. The Bertz CT molecular complexity index is 591. The van der Waals surface area contributed by atoms with Crippen LogP contribution in [0.1, 0.15) is 34.9 Å². The van der Waals surface area contributed by atoms with Gasteiger partial charge in [0.1, 0.15) is 5.01 Å². The van der Waals surface area contributed by atoms with Crippen LogP contribution in [-0.2, 0) is 4.74 Å². The van der Waals surface area contributed by atoms with Crippen LogP contribution in [0.15, 0.2) is 5.38 Å². The minimum Gasteiger partial charge on any atom is -0.463 e. The highest BCUT2D eigenvalue weighted by Gasteiger charge is 2.33. The average molecular weight is 267 g/mol. The maximum atomic E-state index is 11.3. The Kier molecular flexibility index (Phi) is 3.04. The lowest BCUT2D eigenvalue weighted by molar-refractivity contribution is 0.0586. The highest BCUT2D eigenvalue weighted by molar-refractivity contribution is 7.09. The lowest BCUT2D eigenvalue weighted by atomic mass is 10.4. The van der Waals surface area contributed by atoms with Crippen LogP contribution in [0.2, 0.25) is 0 Å². The van der Waals surface area contributed by atoms with Crippen LogP contribution >= 0.6 is 11.3 Å². The van der Waals surface area contributed by atoms with Crippen LogP contribution in [0.3, 0.4) is 0 Å². The van der Waals surface area contributed by atoms with Crippen LogP contribution in [0, 0.1) is 6.92 Å². The molecule has 18 heavy (non-hydrogen) atoms. The van der Waals surface area contributed by atoms with Gasteiger partial charge in [0.05, 0.1) is 7.11 Å². The summed E-state index contributed by atoms with van der Waals surface area (Å²) in [4.78, 5) is 19.6. The predicted octanol–water partition coefficient (Wildman–Crippen LogP) is 1.44. The Morgan fingerprint density at radius 3 is 2.94 bits per heavy atom. The molecule has 96 valence electrons. The lowest BCUT2D eigenvalue weighted by Gasteiger charge is -2.26. The van der Waals surface area contributed by atoms with Crippen molar-refractivity contribution in [1.82, 2.24) is 19.7 Å². The molecule has 3 heterocycles. The number of anilines is 1. The number of carbonyl (C=O) groups excluding carboxylic acids is 1. The van der Waals surface area contributed by atoms with Gasteiger partial charge in [0.25, 0.3) is 5.82 Å². The molecule has 0 aromatic carbocycles. The van der Waals surface area contributed by atoms with Crippen molar-refractivity contribution in [1.29, 1.82) is 0 Å².